The van der Waals surface area contributed by atoms with Crippen molar-refractivity contribution in [1.82, 2.24) is 19.9 Å². The molecule has 0 saturated carbocycles. The average Bonchev–Trinajstić information content (AvgIpc) is 3.52. The second-order valence-corrected chi connectivity index (χ2v) is 8.52. The first-order valence-corrected chi connectivity index (χ1v) is 10.8. The van der Waals surface area contributed by atoms with Crippen LogP contribution >= 0.6 is 22.7 Å². The van der Waals surface area contributed by atoms with Gasteiger partial charge in [0.15, 0.2) is 0 Å². The lowest BCUT2D eigenvalue weighted by Crippen LogP contribution is -1.94. The van der Waals surface area contributed by atoms with Crippen LogP contribution in [-0.2, 0) is 0 Å². The third-order valence-electron chi connectivity index (χ3n) is 4.88. The molecule has 4 aromatic heterocycles. The van der Waals surface area contributed by atoms with Gasteiger partial charge in [-0.2, -0.15) is 0 Å². The van der Waals surface area contributed by atoms with Gasteiger partial charge in [-0.25, -0.2) is 15.0 Å². The average molecular weight is 399 g/mol. The van der Waals surface area contributed by atoms with E-state index < -0.39 is 0 Å². The smallest absolute Gasteiger partial charge is 0.140 e. The van der Waals surface area contributed by atoms with E-state index in [0.29, 0.717) is 0 Å². The molecule has 0 bridgehead atoms. The zero-order valence-corrected chi connectivity index (χ0v) is 16.3. The van der Waals surface area contributed by atoms with Gasteiger partial charge < -0.3 is 4.98 Å². The van der Waals surface area contributed by atoms with Crippen LogP contribution < -0.4 is 0 Å². The minimum absolute atomic E-state index is 0.147. The number of fused-ring (bicyclic) bond motifs is 3. The van der Waals surface area contributed by atoms with Crippen molar-refractivity contribution in [3.8, 4) is 21.1 Å². The van der Waals surface area contributed by atoms with E-state index >= 15 is 0 Å². The highest BCUT2D eigenvalue weighted by atomic mass is 32.1. The lowest BCUT2D eigenvalue weighted by atomic mass is 10.2. The predicted molar refractivity (Wildman–Crippen MR) is 117 cm³/mol. The first-order chi connectivity index (χ1) is 13.9. The van der Waals surface area contributed by atoms with E-state index in [2.05, 4.69) is 58.2 Å². The summed E-state index contributed by atoms with van der Waals surface area (Å²) in [6.07, 6.45) is 8.31. The molecule has 0 saturated heterocycles. The van der Waals surface area contributed by atoms with Gasteiger partial charge >= 0.3 is 0 Å². The molecule has 0 radical (unpaired) electrons. The van der Waals surface area contributed by atoms with Crippen LogP contribution in [0.1, 0.15) is 11.7 Å². The van der Waals surface area contributed by atoms with E-state index in [1.165, 1.54) is 4.88 Å². The lowest BCUT2D eigenvalue weighted by Gasteiger charge is -2.09. The summed E-state index contributed by atoms with van der Waals surface area (Å²) in [4.78, 5) is 20.6. The van der Waals surface area contributed by atoms with E-state index in [4.69, 9.17) is 15.0 Å². The summed E-state index contributed by atoms with van der Waals surface area (Å²) in [6.45, 7) is 0. The Labute approximate surface area is 168 Å². The Morgan fingerprint density at radius 3 is 2.32 bits per heavy atom. The van der Waals surface area contributed by atoms with Crippen LogP contribution in [0.2, 0.25) is 0 Å². The van der Waals surface area contributed by atoms with Crippen LogP contribution in [0.15, 0.2) is 71.5 Å². The molecule has 1 aromatic carbocycles. The number of aromatic amines is 1. The number of nitrogens with zero attached hydrogens (tertiary/aromatic N) is 3. The third-order valence-corrected chi connectivity index (χ3v) is 6.64. The molecule has 4 heterocycles. The number of hydrogen-bond acceptors (Lipinski definition) is 5. The first kappa shape index (κ1) is 15.9. The highest BCUT2D eigenvalue weighted by Crippen LogP contribution is 2.37. The van der Waals surface area contributed by atoms with Crippen LogP contribution in [-0.4, -0.2) is 19.9 Å². The van der Waals surface area contributed by atoms with Crippen LogP contribution in [0.25, 0.3) is 43.2 Å². The minimum Gasteiger partial charge on any atom is -0.351 e. The molecule has 0 unspecified atom stereocenters. The number of allylic oxidation sites excluding steroid dienone is 4. The summed E-state index contributed by atoms with van der Waals surface area (Å²) in [7, 11) is 0. The standard InChI is InChI=1S/C22H14N4S2/c1-2-6-13(5-1)22-24-15-10-9-14-18(19(15)26-22)25-21(17-8-4-12-28-17)20(23-14)16-7-3-11-27-16/h1-13,23H. The van der Waals surface area contributed by atoms with Gasteiger partial charge in [-0.1, -0.05) is 36.4 Å². The lowest BCUT2D eigenvalue weighted by molar-refractivity contribution is 0.971. The molecular formula is C22H14N4S2. The molecule has 0 spiro atoms. The maximum atomic E-state index is 5.09. The fourth-order valence-electron chi connectivity index (χ4n) is 3.55. The Hall–Kier alpha value is -3.09. The van der Waals surface area contributed by atoms with Crippen molar-refractivity contribution in [3.63, 3.8) is 0 Å². The van der Waals surface area contributed by atoms with Gasteiger partial charge in [0.1, 0.15) is 22.6 Å². The molecule has 0 aliphatic heterocycles. The third kappa shape index (κ3) is 2.46. The number of nitrogens with one attached hydrogen (secondary N) is 1. The maximum absolute atomic E-state index is 5.09. The molecule has 5 aromatic rings. The molecule has 0 amide bonds. The number of hydrogen-bond donors (Lipinski definition) is 1. The van der Waals surface area contributed by atoms with Gasteiger partial charge in [-0.05, 0) is 35.0 Å². The monoisotopic (exact) mass is 398 g/mol. The van der Waals surface area contributed by atoms with Gasteiger partial charge in [0.25, 0.3) is 0 Å². The second kappa shape index (κ2) is 6.22. The van der Waals surface area contributed by atoms with E-state index in [-0.39, 0.29) is 5.92 Å². The van der Waals surface area contributed by atoms with Gasteiger partial charge in [-0.15, -0.1) is 22.7 Å². The van der Waals surface area contributed by atoms with E-state index in [1.807, 2.05) is 18.2 Å². The van der Waals surface area contributed by atoms with Crippen molar-refractivity contribution in [2.24, 2.45) is 0 Å². The number of H-pyrrole nitrogens is 1. The largest absolute Gasteiger partial charge is 0.351 e. The summed E-state index contributed by atoms with van der Waals surface area (Å²) in [5.41, 5.74) is 5.59. The van der Waals surface area contributed by atoms with Crippen LogP contribution in [0.5, 0.6) is 0 Å². The fraction of sp³-hybridized carbons (Fsp3) is 0.0455. The van der Waals surface area contributed by atoms with Gasteiger partial charge in [0.2, 0.25) is 0 Å². The minimum atomic E-state index is 0.147. The Kier molecular flexibility index (Phi) is 3.54. The zero-order valence-electron chi connectivity index (χ0n) is 14.7. The SMILES string of the molecule is C1=CC(c2nc3ccc4[nH]c(-c5cccs5)c(-c5cccs5)nc4c3n2)C=C1. The zero-order chi connectivity index (χ0) is 18.5. The fourth-order valence-corrected chi connectivity index (χ4v) is 5.00. The number of benzene rings is 1. The predicted octanol–water partition coefficient (Wildman–Crippen LogP) is 6.17. The molecule has 1 aliphatic carbocycles. The number of aromatic nitrogens is 4. The molecule has 1 N–H and O–H groups in total. The van der Waals surface area contributed by atoms with Gasteiger partial charge in [0, 0.05) is 0 Å². The number of thiophene rings is 2. The highest BCUT2D eigenvalue weighted by molar-refractivity contribution is 7.14. The number of imidazole rings is 1. The Bertz CT molecular complexity index is 1350. The van der Waals surface area contributed by atoms with Gasteiger partial charge in [-0.3, -0.25) is 0 Å². The van der Waals surface area contributed by atoms with Crippen LogP contribution in [0.3, 0.4) is 0 Å². The topological polar surface area (TPSA) is 54.5 Å². The van der Waals surface area contributed by atoms with Crippen molar-refractivity contribution in [2.45, 2.75) is 5.92 Å². The van der Waals surface area contributed by atoms with Crippen molar-refractivity contribution in [1.29, 1.82) is 0 Å². The summed E-state index contributed by atoms with van der Waals surface area (Å²) < 4.78 is 0. The van der Waals surface area contributed by atoms with Crippen LogP contribution in [0.4, 0.5) is 0 Å². The molecule has 0 fully saturated rings. The van der Waals surface area contributed by atoms with Crippen molar-refractivity contribution < 1.29 is 0 Å². The maximum Gasteiger partial charge on any atom is 0.140 e. The van der Waals surface area contributed by atoms with E-state index in [0.717, 1.165) is 44.2 Å². The highest BCUT2D eigenvalue weighted by Gasteiger charge is 2.19. The second-order valence-electron chi connectivity index (χ2n) is 6.62. The van der Waals surface area contributed by atoms with E-state index in [1.54, 1.807) is 22.7 Å². The molecule has 134 valence electrons. The Morgan fingerprint density at radius 2 is 1.57 bits per heavy atom. The van der Waals surface area contributed by atoms with E-state index in [9.17, 15) is 0 Å². The molecule has 6 rings (SSSR count). The van der Waals surface area contributed by atoms with Crippen molar-refractivity contribution in [2.75, 3.05) is 0 Å². The summed E-state index contributed by atoms with van der Waals surface area (Å²) in [5, 5.41) is 4.17. The Balaban J connectivity index is 1.64. The van der Waals surface area contributed by atoms with Crippen LogP contribution in [0, 0.1) is 0 Å². The molecule has 28 heavy (non-hydrogen) atoms. The Morgan fingerprint density at radius 1 is 0.786 bits per heavy atom. The van der Waals surface area contributed by atoms with Crippen molar-refractivity contribution in [3.05, 3.63) is 77.3 Å². The molecule has 0 atom stereocenters. The normalized spacial score (nSPS) is 14.0. The molecule has 4 nitrogen and oxygen atoms in total. The summed E-state index contributed by atoms with van der Waals surface area (Å²) in [6, 6.07) is 12.4. The quantitative estimate of drug-likeness (QED) is 0.395. The molecule has 1 aliphatic rings. The summed E-state index contributed by atoms with van der Waals surface area (Å²) in [5.74, 6) is 0.975. The van der Waals surface area contributed by atoms with Crippen molar-refractivity contribution >= 4 is 44.7 Å². The summed E-state index contributed by atoms with van der Waals surface area (Å²) >= 11 is 3.41. The first-order valence-electron chi connectivity index (χ1n) is 9.00. The molecule has 6 heteroatoms. The molecular weight excluding hydrogens is 384 g/mol. The van der Waals surface area contributed by atoms with Gasteiger partial charge in [0.05, 0.1) is 32.4 Å². The number of rotatable bonds is 3.